The summed E-state index contributed by atoms with van der Waals surface area (Å²) in [5.41, 5.74) is 4.85. The van der Waals surface area contributed by atoms with Crippen LogP contribution in [0.2, 0.25) is 0 Å². The summed E-state index contributed by atoms with van der Waals surface area (Å²) in [5, 5.41) is 7.18. The largest absolute Gasteiger partial charge is 0.390 e. The minimum Gasteiger partial charge on any atom is -0.390 e. The first-order valence-corrected chi connectivity index (χ1v) is 15.7. The van der Waals surface area contributed by atoms with Gasteiger partial charge in [-0.2, -0.15) is 0 Å². The minimum absolute atomic E-state index is 0.614. The third-order valence-electron chi connectivity index (χ3n) is 10.4. The molecule has 2 heteroatoms. The summed E-state index contributed by atoms with van der Waals surface area (Å²) < 4.78 is 0. The van der Waals surface area contributed by atoms with Gasteiger partial charge >= 0.3 is 0 Å². The van der Waals surface area contributed by atoms with Gasteiger partial charge in [0.2, 0.25) is 0 Å². The van der Waals surface area contributed by atoms with Gasteiger partial charge in [0.15, 0.2) is 0 Å². The van der Waals surface area contributed by atoms with E-state index in [0.29, 0.717) is 5.92 Å². The number of allylic oxidation sites excluding steroid dienone is 7. The summed E-state index contributed by atoms with van der Waals surface area (Å²) in [6.07, 6.45) is 35.2. The first kappa shape index (κ1) is 25.9. The fourth-order valence-electron chi connectivity index (χ4n) is 8.36. The van der Waals surface area contributed by atoms with Crippen molar-refractivity contribution in [2.75, 3.05) is 13.1 Å². The number of nitrogens with one attached hydrogen (secondary N) is 2. The van der Waals surface area contributed by atoms with Crippen LogP contribution in [0.1, 0.15) is 97.3 Å². The molecule has 0 aromatic carbocycles. The number of rotatable bonds is 8. The third-order valence-corrected chi connectivity index (χ3v) is 10.4. The molecule has 2 N–H and O–H groups in total. The molecule has 0 aromatic heterocycles. The van der Waals surface area contributed by atoms with E-state index in [2.05, 4.69) is 67.1 Å². The van der Waals surface area contributed by atoms with Crippen molar-refractivity contribution in [1.82, 2.24) is 10.6 Å². The summed E-state index contributed by atoms with van der Waals surface area (Å²) in [6, 6.07) is 0. The molecule has 36 heavy (non-hydrogen) atoms. The van der Waals surface area contributed by atoms with Gasteiger partial charge in [-0.15, -0.1) is 0 Å². The second kappa shape index (κ2) is 12.7. The molecule has 2 saturated carbocycles. The first-order valence-electron chi connectivity index (χ1n) is 15.7. The van der Waals surface area contributed by atoms with Crippen molar-refractivity contribution in [1.29, 1.82) is 0 Å². The first-order chi connectivity index (χ1) is 17.8. The van der Waals surface area contributed by atoms with E-state index in [0.717, 1.165) is 55.0 Å². The molecule has 2 nitrogen and oxygen atoms in total. The van der Waals surface area contributed by atoms with Crippen LogP contribution < -0.4 is 10.6 Å². The number of hydrogen-bond acceptors (Lipinski definition) is 2. The molecule has 2 aliphatic heterocycles. The Morgan fingerprint density at radius 3 is 2.47 bits per heavy atom. The van der Waals surface area contributed by atoms with Crippen LogP contribution in [0.5, 0.6) is 0 Å². The fourth-order valence-corrected chi connectivity index (χ4v) is 8.36. The monoisotopic (exact) mass is 488 g/mol. The van der Waals surface area contributed by atoms with Crippen molar-refractivity contribution >= 4 is 0 Å². The number of hydrogen-bond donors (Lipinski definition) is 2. The number of fused-ring (bicyclic) bond motifs is 1. The summed E-state index contributed by atoms with van der Waals surface area (Å²) in [6.45, 7) is 6.85. The van der Waals surface area contributed by atoms with Gasteiger partial charge in [-0.05, 0) is 105 Å². The number of dihydropyridines is 1. The molecule has 0 bridgehead atoms. The van der Waals surface area contributed by atoms with Gasteiger partial charge in [0.1, 0.15) is 0 Å². The van der Waals surface area contributed by atoms with Crippen LogP contribution in [-0.2, 0) is 0 Å². The van der Waals surface area contributed by atoms with Crippen LogP contribution in [0.25, 0.3) is 0 Å². The Balaban J connectivity index is 1.21. The van der Waals surface area contributed by atoms with Gasteiger partial charge in [0, 0.05) is 30.6 Å². The van der Waals surface area contributed by atoms with E-state index in [-0.39, 0.29) is 0 Å². The maximum atomic E-state index is 3.79. The molecule has 5 unspecified atom stereocenters. The predicted molar refractivity (Wildman–Crippen MR) is 154 cm³/mol. The smallest absolute Gasteiger partial charge is 0.0363 e. The molecule has 0 saturated heterocycles. The van der Waals surface area contributed by atoms with Gasteiger partial charge in [-0.25, -0.2) is 0 Å². The molecule has 0 radical (unpaired) electrons. The Morgan fingerprint density at radius 2 is 1.78 bits per heavy atom. The zero-order chi connectivity index (χ0) is 24.7. The maximum absolute atomic E-state index is 3.79. The van der Waals surface area contributed by atoms with E-state index < -0.39 is 0 Å². The molecule has 0 aromatic rings. The molecule has 2 heterocycles. The van der Waals surface area contributed by atoms with Crippen LogP contribution in [0, 0.1) is 41.4 Å². The lowest BCUT2D eigenvalue weighted by Crippen LogP contribution is -2.39. The summed E-state index contributed by atoms with van der Waals surface area (Å²) in [4.78, 5) is 0. The van der Waals surface area contributed by atoms with Gasteiger partial charge in [0.05, 0.1) is 0 Å². The van der Waals surface area contributed by atoms with Crippen LogP contribution in [-0.4, -0.2) is 13.1 Å². The standard InChI is InChI=1S/C34H52N2/c1-3-5-6-10-25(4-2)30-19-20-31(33-13-8-7-12-32(30)33)27-16-14-26(15-17-27)28-18-21-34(36-24-28)29-11-9-22-35-23-29/h9-10,18-22,26-27,29-33,35-36H,3-8,11-17,23-24H2,1-2H3/b25-10+. The van der Waals surface area contributed by atoms with Crippen LogP contribution in [0.3, 0.4) is 0 Å². The quantitative estimate of drug-likeness (QED) is 0.264. The van der Waals surface area contributed by atoms with E-state index in [1.807, 2.05) is 0 Å². The lowest BCUT2D eigenvalue weighted by Gasteiger charge is -2.47. The Hall–Kier alpha value is -1.70. The highest BCUT2D eigenvalue weighted by molar-refractivity contribution is 5.28. The van der Waals surface area contributed by atoms with E-state index in [9.17, 15) is 0 Å². The Bertz CT molecular complexity index is 866. The second-order valence-electron chi connectivity index (χ2n) is 12.4. The van der Waals surface area contributed by atoms with Crippen molar-refractivity contribution in [3.63, 3.8) is 0 Å². The zero-order valence-corrected chi connectivity index (χ0v) is 23.2. The highest BCUT2D eigenvalue weighted by Gasteiger charge is 2.42. The van der Waals surface area contributed by atoms with E-state index in [1.54, 1.807) is 11.1 Å². The highest BCUT2D eigenvalue weighted by Crippen LogP contribution is 2.51. The van der Waals surface area contributed by atoms with Crippen molar-refractivity contribution in [2.24, 2.45) is 41.4 Å². The Kier molecular flexibility index (Phi) is 9.15. The van der Waals surface area contributed by atoms with Crippen LogP contribution in [0.15, 0.2) is 59.5 Å². The van der Waals surface area contributed by atoms with E-state index >= 15 is 0 Å². The molecule has 3 aliphatic carbocycles. The number of unbranched alkanes of at least 4 members (excludes halogenated alkanes) is 2. The lowest BCUT2D eigenvalue weighted by molar-refractivity contribution is 0.0894. The van der Waals surface area contributed by atoms with Gasteiger partial charge in [-0.3, -0.25) is 0 Å². The Labute approximate surface area is 221 Å². The zero-order valence-electron chi connectivity index (χ0n) is 23.2. The molecule has 5 rings (SSSR count). The van der Waals surface area contributed by atoms with Gasteiger partial charge < -0.3 is 10.6 Å². The minimum atomic E-state index is 0.614. The van der Waals surface area contributed by atoms with Crippen molar-refractivity contribution in [2.45, 2.75) is 97.3 Å². The van der Waals surface area contributed by atoms with Crippen molar-refractivity contribution in [3.05, 3.63) is 59.5 Å². The molecular formula is C34H52N2. The average molecular weight is 489 g/mol. The summed E-state index contributed by atoms with van der Waals surface area (Å²) in [5.74, 6) is 5.77. The molecule has 5 aliphatic rings. The normalized spacial score (nSPS) is 36.8. The highest BCUT2D eigenvalue weighted by atomic mass is 14.9. The van der Waals surface area contributed by atoms with Crippen molar-refractivity contribution in [3.8, 4) is 0 Å². The Morgan fingerprint density at radius 1 is 0.944 bits per heavy atom. The van der Waals surface area contributed by atoms with E-state index in [1.165, 1.54) is 82.7 Å². The molecule has 198 valence electrons. The topological polar surface area (TPSA) is 24.1 Å². The molecule has 0 amide bonds. The third kappa shape index (κ3) is 5.89. The molecular weight excluding hydrogens is 436 g/mol. The lowest BCUT2D eigenvalue weighted by atomic mass is 9.57. The predicted octanol–water partition coefficient (Wildman–Crippen LogP) is 8.46. The van der Waals surface area contributed by atoms with E-state index in [4.69, 9.17) is 0 Å². The summed E-state index contributed by atoms with van der Waals surface area (Å²) >= 11 is 0. The fraction of sp³-hybridized carbons (Fsp3) is 0.706. The van der Waals surface area contributed by atoms with Crippen LogP contribution in [0.4, 0.5) is 0 Å². The SMILES string of the molecule is CCCC/C=C(\CC)C1C=CC(C2CCC(C3=CC=C(C4CC=CNC4)NC3)CC2)C2CCCCC12. The maximum Gasteiger partial charge on any atom is 0.0363 e. The van der Waals surface area contributed by atoms with Gasteiger partial charge in [0.25, 0.3) is 0 Å². The van der Waals surface area contributed by atoms with Gasteiger partial charge in [-0.1, -0.05) is 75.5 Å². The molecule has 2 fully saturated rings. The van der Waals surface area contributed by atoms with Crippen molar-refractivity contribution < 1.29 is 0 Å². The molecule has 5 atom stereocenters. The summed E-state index contributed by atoms with van der Waals surface area (Å²) in [7, 11) is 0. The average Bonchev–Trinajstić information content (AvgIpc) is 2.96. The second-order valence-corrected chi connectivity index (χ2v) is 12.4. The molecule has 0 spiro atoms. The van der Waals surface area contributed by atoms with Crippen LogP contribution >= 0.6 is 0 Å².